The van der Waals surface area contributed by atoms with Crippen LogP contribution in [-0.2, 0) is 4.79 Å². The van der Waals surface area contributed by atoms with Crippen LogP contribution in [0.3, 0.4) is 0 Å². The van der Waals surface area contributed by atoms with E-state index in [9.17, 15) is 4.79 Å². The van der Waals surface area contributed by atoms with E-state index in [2.05, 4.69) is 15.6 Å². The molecule has 1 fully saturated rings. The van der Waals surface area contributed by atoms with Gasteiger partial charge in [0.1, 0.15) is 23.3 Å². The Morgan fingerprint density at radius 2 is 1.92 bits per heavy atom. The number of carbonyl (C=O) groups is 1. The highest BCUT2D eigenvalue weighted by molar-refractivity contribution is 7.80. The van der Waals surface area contributed by atoms with Crippen LogP contribution in [0.1, 0.15) is 36.9 Å². The molecule has 2 aromatic heterocycles. The standard InChI is InChI=1S/C28H26N4O3S/c1-3-25(33)30-20-13-12-19(17-24(20)34-2)32-27(26(31-28(32)36)21-11-7-8-16-29-21)23-15-14-22(35-23)18-9-5-4-6-10-18/h4-17,26-27H,3H2,1-2H3,(H,30,33)(H,31,36)/t26-,27-/m1/s1. The molecule has 1 amide bonds. The number of ether oxygens (including phenoxy) is 1. The SMILES string of the molecule is CCC(=O)Nc1ccc(N2C(=S)N[C@H](c3ccccn3)[C@H]2c2ccc(-c3ccccc3)o2)cc1OC. The van der Waals surface area contributed by atoms with Crippen LogP contribution in [0.2, 0.25) is 0 Å². The Hall–Kier alpha value is -4.17. The lowest BCUT2D eigenvalue weighted by Gasteiger charge is -2.27. The minimum atomic E-state index is -0.300. The van der Waals surface area contributed by atoms with Crippen molar-refractivity contribution in [2.75, 3.05) is 17.3 Å². The maximum absolute atomic E-state index is 12.0. The predicted molar refractivity (Wildman–Crippen MR) is 144 cm³/mol. The Kier molecular flexibility index (Phi) is 6.69. The molecule has 1 aliphatic rings. The number of benzene rings is 2. The quantitative estimate of drug-likeness (QED) is 0.308. The molecule has 0 radical (unpaired) electrons. The molecule has 182 valence electrons. The largest absolute Gasteiger partial charge is 0.494 e. The number of aromatic nitrogens is 1. The van der Waals surface area contributed by atoms with E-state index in [1.54, 1.807) is 20.2 Å². The van der Waals surface area contributed by atoms with Crippen molar-refractivity contribution in [2.24, 2.45) is 0 Å². The van der Waals surface area contributed by atoms with Crippen molar-refractivity contribution in [3.05, 3.63) is 96.5 Å². The van der Waals surface area contributed by atoms with Gasteiger partial charge in [-0.3, -0.25) is 9.78 Å². The molecular weight excluding hydrogens is 472 g/mol. The van der Waals surface area contributed by atoms with E-state index in [1.807, 2.05) is 83.8 Å². The van der Waals surface area contributed by atoms with E-state index < -0.39 is 0 Å². The van der Waals surface area contributed by atoms with Gasteiger partial charge in [-0.15, -0.1) is 0 Å². The van der Waals surface area contributed by atoms with Gasteiger partial charge in [0.05, 0.1) is 24.5 Å². The fourth-order valence-corrected chi connectivity index (χ4v) is 4.71. The first-order chi connectivity index (χ1) is 17.6. The average molecular weight is 499 g/mol. The second kappa shape index (κ2) is 10.2. The van der Waals surface area contributed by atoms with Crippen molar-refractivity contribution in [1.82, 2.24) is 10.3 Å². The number of hydrogen-bond donors (Lipinski definition) is 2. The molecule has 0 unspecified atom stereocenters. The van der Waals surface area contributed by atoms with E-state index in [-0.39, 0.29) is 18.0 Å². The van der Waals surface area contributed by atoms with Crippen LogP contribution < -0.4 is 20.3 Å². The molecule has 7 nitrogen and oxygen atoms in total. The molecular formula is C28H26N4O3S. The summed E-state index contributed by atoms with van der Waals surface area (Å²) in [5.74, 6) is 1.98. The van der Waals surface area contributed by atoms with Crippen LogP contribution in [0.5, 0.6) is 5.75 Å². The van der Waals surface area contributed by atoms with Crippen LogP contribution in [0.15, 0.2) is 89.5 Å². The maximum atomic E-state index is 12.0. The number of rotatable bonds is 7. The van der Waals surface area contributed by atoms with E-state index in [0.717, 1.165) is 28.5 Å². The fraction of sp³-hybridized carbons (Fsp3) is 0.179. The highest BCUT2D eigenvalue weighted by atomic mass is 32.1. The number of furan rings is 1. The zero-order valence-corrected chi connectivity index (χ0v) is 20.8. The van der Waals surface area contributed by atoms with Gasteiger partial charge in [-0.05, 0) is 48.6 Å². The Morgan fingerprint density at radius 3 is 2.64 bits per heavy atom. The monoisotopic (exact) mass is 498 g/mol. The molecule has 2 aromatic carbocycles. The van der Waals surface area contributed by atoms with E-state index in [1.165, 1.54) is 0 Å². The normalized spacial score (nSPS) is 17.1. The zero-order chi connectivity index (χ0) is 25.1. The Bertz CT molecular complexity index is 1370. The van der Waals surface area contributed by atoms with E-state index in [4.69, 9.17) is 21.4 Å². The predicted octanol–water partition coefficient (Wildman–Crippen LogP) is 5.88. The summed E-state index contributed by atoms with van der Waals surface area (Å²) >= 11 is 5.81. The Morgan fingerprint density at radius 1 is 1.11 bits per heavy atom. The molecule has 5 rings (SSSR count). The first-order valence-electron chi connectivity index (χ1n) is 11.7. The van der Waals surface area contributed by atoms with Crippen LogP contribution in [-0.4, -0.2) is 23.1 Å². The number of thiocarbonyl (C=S) groups is 1. The van der Waals surface area contributed by atoms with Crippen molar-refractivity contribution in [1.29, 1.82) is 0 Å². The summed E-state index contributed by atoms with van der Waals surface area (Å²) in [7, 11) is 1.58. The molecule has 0 spiro atoms. The summed E-state index contributed by atoms with van der Waals surface area (Å²) in [5.41, 5.74) is 3.26. The second-order valence-electron chi connectivity index (χ2n) is 8.35. The molecule has 0 saturated carbocycles. The minimum absolute atomic E-state index is 0.0865. The third-order valence-electron chi connectivity index (χ3n) is 6.13. The van der Waals surface area contributed by atoms with Gasteiger partial charge in [-0.1, -0.05) is 43.3 Å². The number of anilines is 2. The van der Waals surface area contributed by atoms with Crippen molar-refractivity contribution in [2.45, 2.75) is 25.4 Å². The van der Waals surface area contributed by atoms with Gasteiger partial charge in [0.15, 0.2) is 5.11 Å². The molecule has 4 aromatic rings. The van der Waals surface area contributed by atoms with Crippen LogP contribution in [0.4, 0.5) is 11.4 Å². The topological polar surface area (TPSA) is 79.6 Å². The van der Waals surface area contributed by atoms with Gasteiger partial charge in [0, 0.05) is 29.9 Å². The summed E-state index contributed by atoms with van der Waals surface area (Å²) in [4.78, 5) is 18.6. The van der Waals surface area contributed by atoms with Crippen LogP contribution >= 0.6 is 12.2 Å². The van der Waals surface area contributed by atoms with Gasteiger partial charge in [-0.2, -0.15) is 0 Å². The fourth-order valence-electron chi connectivity index (χ4n) is 4.36. The van der Waals surface area contributed by atoms with Gasteiger partial charge >= 0.3 is 0 Å². The maximum Gasteiger partial charge on any atom is 0.224 e. The van der Waals surface area contributed by atoms with Gasteiger partial charge in [-0.25, -0.2) is 0 Å². The number of methoxy groups -OCH3 is 1. The lowest BCUT2D eigenvalue weighted by Crippen LogP contribution is -2.29. The van der Waals surface area contributed by atoms with Gasteiger partial charge < -0.3 is 24.7 Å². The van der Waals surface area contributed by atoms with Crippen molar-refractivity contribution < 1.29 is 13.9 Å². The number of carbonyl (C=O) groups excluding carboxylic acids is 1. The summed E-state index contributed by atoms with van der Waals surface area (Å²) in [6.07, 6.45) is 2.15. The molecule has 3 heterocycles. The van der Waals surface area contributed by atoms with E-state index >= 15 is 0 Å². The van der Waals surface area contributed by atoms with Crippen LogP contribution in [0.25, 0.3) is 11.3 Å². The molecule has 0 bridgehead atoms. The Balaban J connectivity index is 1.57. The summed E-state index contributed by atoms with van der Waals surface area (Å²) in [5, 5.41) is 6.86. The van der Waals surface area contributed by atoms with Crippen molar-refractivity contribution in [3.8, 4) is 17.1 Å². The molecule has 36 heavy (non-hydrogen) atoms. The average Bonchev–Trinajstić information content (AvgIpc) is 3.54. The summed E-state index contributed by atoms with van der Waals surface area (Å²) in [6, 6.07) is 24.8. The highest BCUT2D eigenvalue weighted by Gasteiger charge is 2.42. The van der Waals surface area contributed by atoms with Gasteiger partial charge in [0.25, 0.3) is 0 Å². The first-order valence-corrected chi connectivity index (χ1v) is 12.1. The Labute approximate surface area is 215 Å². The highest BCUT2D eigenvalue weighted by Crippen LogP contribution is 2.44. The lowest BCUT2D eigenvalue weighted by molar-refractivity contribution is -0.115. The lowest BCUT2D eigenvalue weighted by atomic mass is 10.0. The molecule has 1 saturated heterocycles. The molecule has 2 N–H and O–H groups in total. The molecule has 1 aliphatic heterocycles. The third-order valence-corrected chi connectivity index (χ3v) is 6.45. The number of hydrogen-bond acceptors (Lipinski definition) is 5. The van der Waals surface area contributed by atoms with E-state index in [0.29, 0.717) is 23.0 Å². The smallest absolute Gasteiger partial charge is 0.224 e. The zero-order valence-electron chi connectivity index (χ0n) is 20.0. The van der Waals surface area contributed by atoms with Crippen molar-refractivity contribution in [3.63, 3.8) is 0 Å². The molecule has 8 heteroatoms. The number of amides is 1. The molecule has 0 aliphatic carbocycles. The van der Waals surface area contributed by atoms with Crippen molar-refractivity contribution >= 4 is 34.6 Å². The summed E-state index contributed by atoms with van der Waals surface area (Å²) in [6.45, 7) is 1.81. The summed E-state index contributed by atoms with van der Waals surface area (Å²) < 4.78 is 12.0. The second-order valence-corrected chi connectivity index (χ2v) is 8.74. The number of nitrogens with one attached hydrogen (secondary N) is 2. The van der Waals surface area contributed by atoms with Crippen LogP contribution in [0, 0.1) is 0 Å². The first kappa shape index (κ1) is 23.6. The number of pyridine rings is 1. The number of nitrogens with zero attached hydrogens (tertiary/aromatic N) is 2. The molecule has 2 atom stereocenters. The minimum Gasteiger partial charge on any atom is -0.494 e. The van der Waals surface area contributed by atoms with Gasteiger partial charge in [0.2, 0.25) is 5.91 Å². The third kappa shape index (κ3) is 4.55.